The molecule has 2 amide bonds. The van der Waals surface area contributed by atoms with E-state index in [1.54, 1.807) is 6.92 Å². The lowest BCUT2D eigenvalue weighted by Gasteiger charge is -2.11. The zero-order valence-electron chi connectivity index (χ0n) is 13.9. The van der Waals surface area contributed by atoms with Crippen molar-refractivity contribution >= 4 is 11.7 Å². The number of aryl methyl sites for hydroxylation is 1. The number of nitrogens with zero attached hydrogens (tertiary/aromatic N) is 2. The first kappa shape index (κ1) is 16.4. The van der Waals surface area contributed by atoms with E-state index in [1.807, 2.05) is 25.1 Å². The zero-order valence-corrected chi connectivity index (χ0v) is 13.9. The van der Waals surface area contributed by atoms with E-state index in [9.17, 15) is 9.90 Å². The van der Waals surface area contributed by atoms with E-state index in [4.69, 9.17) is 4.52 Å². The number of rotatable bonds is 6. The summed E-state index contributed by atoms with van der Waals surface area (Å²) < 4.78 is 5.32. The summed E-state index contributed by atoms with van der Waals surface area (Å²) in [6, 6.07) is 5.29. The van der Waals surface area contributed by atoms with E-state index < -0.39 is 6.10 Å². The summed E-state index contributed by atoms with van der Waals surface area (Å²) in [5.41, 5.74) is 2.46. The highest BCUT2D eigenvalue weighted by Crippen LogP contribution is 2.39. The third kappa shape index (κ3) is 4.11. The first-order valence-electron chi connectivity index (χ1n) is 8.20. The number of aliphatic hydroxyl groups is 1. The summed E-state index contributed by atoms with van der Waals surface area (Å²) in [4.78, 5) is 16.3. The van der Waals surface area contributed by atoms with E-state index in [0.29, 0.717) is 24.8 Å². The first-order valence-corrected chi connectivity index (χ1v) is 8.20. The first-order chi connectivity index (χ1) is 11.5. The average Bonchev–Trinajstić information content (AvgIpc) is 3.26. The molecule has 0 aliphatic heterocycles. The van der Waals surface area contributed by atoms with Gasteiger partial charge in [0.1, 0.15) is 0 Å². The minimum absolute atomic E-state index is 0.291. The maximum atomic E-state index is 11.8. The maximum absolute atomic E-state index is 11.8. The molecule has 0 spiro atoms. The highest BCUT2D eigenvalue weighted by atomic mass is 16.5. The number of anilines is 1. The third-order valence-electron chi connectivity index (χ3n) is 3.95. The number of carbonyl (C=O) groups excluding carboxylic acids is 1. The Kier molecular flexibility index (Phi) is 4.80. The molecule has 1 aliphatic rings. The Morgan fingerprint density at radius 1 is 1.46 bits per heavy atom. The molecular formula is C17H22N4O3. The number of urea groups is 1. The van der Waals surface area contributed by atoms with E-state index in [0.717, 1.165) is 35.5 Å². The summed E-state index contributed by atoms with van der Waals surface area (Å²) in [7, 11) is 0. The van der Waals surface area contributed by atoms with Gasteiger partial charge in [0.2, 0.25) is 0 Å². The predicted molar refractivity (Wildman–Crippen MR) is 89.8 cm³/mol. The van der Waals surface area contributed by atoms with Gasteiger partial charge >= 0.3 is 6.03 Å². The van der Waals surface area contributed by atoms with E-state index in [-0.39, 0.29) is 6.03 Å². The van der Waals surface area contributed by atoms with E-state index in [1.165, 1.54) is 0 Å². The highest BCUT2D eigenvalue weighted by Gasteiger charge is 2.29. The summed E-state index contributed by atoms with van der Waals surface area (Å²) in [6.45, 7) is 4.02. The molecule has 24 heavy (non-hydrogen) atoms. The molecule has 7 nitrogen and oxygen atoms in total. The van der Waals surface area contributed by atoms with Gasteiger partial charge in [0.15, 0.2) is 5.82 Å². The molecule has 1 aromatic carbocycles. The van der Waals surface area contributed by atoms with Gasteiger partial charge in [0.25, 0.3) is 5.89 Å². The van der Waals surface area contributed by atoms with Gasteiger partial charge in [-0.15, -0.1) is 0 Å². The van der Waals surface area contributed by atoms with Crippen LogP contribution in [0.5, 0.6) is 0 Å². The summed E-state index contributed by atoms with van der Waals surface area (Å²) in [5.74, 6) is 1.74. The molecule has 1 saturated carbocycles. The standard InChI is InChI=1S/C17H22N4O3/c1-10-9-13(16-20-15(21-24-16)12-3-4-12)5-6-14(10)19-17(23)18-8-7-11(2)22/h5-6,9,11-12,22H,3-4,7-8H2,1-2H3,(H2,18,19,23)/t11-/m0/s1. The van der Waals surface area contributed by atoms with Crippen LogP contribution >= 0.6 is 0 Å². The molecule has 1 heterocycles. The molecule has 0 bridgehead atoms. The number of carbonyl (C=O) groups is 1. The Balaban J connectivity index is 1.62. The normalized spacial score (nSPS) is 15.1. The Labute approximate surface area is 140 Å². The Morgan fingerprint density at radius 2 is 2.25 bits per heavy atom. The molecule has 3 N–H and O–H groups in total. The van der Waals surface area contributed by atoms with Gasteiger partial charge < -0.3 is 20.3 Å². The number of benzene rings is 1. The molecule has 1 atom stereocenters. The number of aromatic nitrogens is 2. The smallest absolute Gasteiger partial charge is 0.319 e. The minimum Gasteiger partial charge on any atom is -0.393 e. The van der Waals surface area contributed by atoms with Crippen molar-refractivity contribution in [2.45, 2.75) is 45.1 Å². The van der Waals surface area contributed by atoms with Crippen LogP contribution in [-0.2, 0) is 0 Å². The summed E-state index contributed by atoms with van der Waals surface area (Å²) >= 11 is 0. The average molecular weight is 330 g/mol. The molecular weight excluding hydrogens is 308 g/mol. The van der Waals surface area contributed by atoms with Crippen LogP contribution in [0.15, 0.2) is 22.7 Å². The van der Waals surface area contributed by atoms with E-state index >= 15 is 0 Å². The second-order valence-corrected chi connectivity index (χ2v) is 6.28. The van der Waals surface area contributed by atoms with Crippen molar-refractivity contribution in [2.24, 2.45) is 0 Å². The minimum atomic E-state index is -0.429. The second kappa shape index (κ2) is 7.00. The van der Waals surface area contributed by atoms with Gasteiger partial charge in [-0.2, -0.15) is 4.98 Å². The van der Waals surface area contributed by atoms with Gasteiger partial charge in [-0.05, 0) is 56.9 Å². The van der Waals surface area contributed by atoms with Crippen LogP contribution in [0.2, 0.25) is 0 Å². The molecule has 7 heteroatoms. The Morgan fingerprint density at radius 3 is 2.92 bits per heavy atom. The quantitative estimate of drug-likeness (QED) is 0.756. The number of hydrogen-bond donors (Lipinski definition) is 3. The van der Waals surface area contributed by atoms with Gasteiger partial charge in [0.05, 0.1) is 6.10 Å². The SMILES string of the molecule is Cc1cc(-c2nc(C3CC3)no2)ccc1NC(=O)NCC[C@H](C)O. The van der Waals surface area contributed by atoms with Gasteiger partial charge in [-0.25, -0.2) is 4.79 Å². The van der Waals surface area contributed by atoms with Crippen LogP contribution < -0.4 is 10.6 Å². The molecule has 0 unspecified atom stereocenters. The van der Waals surface area contributed by atoms with Crippen LogP contribution in [-0.4, -0.2) is 33.9 Å². The topological polar surface area (TPSA) is 100 Å². The van der Waals surface area contributed by atoms with Crippen LogP contribution in [0.4, 0.5) is 10.5 Å². The van der Waals surface area contributed by atoms with Crippen molar-refractivity contribution < 1.29 is 14.4 Å². The van der Waals surface area contributed by atoms with Crippen molar-refractivity contribution in [3.63, 3.8) is 0 Å². The molecule has 0 radical (unpaired) electrons. The lowest BCUT2D eigenvalue weighted by molar-refractivity contribution is 0.184. The third-order valence-corrected chi connectivity index (χ3v) is 3.95. The van der Waals surface area contributed by atoms with Crippen molar-refractivity contribution in [2.75, 3.05) is 11.9 Å². The fourth-order valence-corrected chi connectivity index (χ4v) is 2.36. The van der Waals surface area contributed by atoms with E-state index in [2.05, 4.69) is 20.8 Å². The van der Waals surface area contributed by atoms with Gasteiger partial charge in [-0.1, -0.05) is 5.16 Å². The highest BCUT2D eigenvalue weighted by molar-refractivity contribution is 5.90. The maximum Gasteiger partial charge on any atom is 0.319 e. The molecule has 1 fully saturated rings. The monoisotopic (exact) mass is 330 g/mol. The molecule has 0 saturated heterocycles. The lowest BCUT2D eigenvalue weighted by Crippen LogP contribution is -2.31. The molecule has 128 valence electrons. The summed E-state index contributed by atoms with van der Waals surface area (Å²) in [5, 5.41) is 18.7. The van der Waals surface area contributed by atoms with Gasteiger partial charge in [-0.3, -0.25) is 0 Å². The van der Waals surface area contributed by atoms with Crippen molar-refractivity contribution in [1.82, 2.24) is 15.5 Å². The Bertz CT molecular complexity index is 722. The number of nitrogens with one attached hydrogen (secondary N) is 2. The fraction of sp³-hybridized carbons (Fsp3) is 0.471. The zero-order chi connectivity index (χ0) is 17.1. The molecule has 1 aromatic heterocycles. The predicted octanol–water partition coefficient (Wildman–Crippen LogP) is 2.81. The number of hydrogen-bond acceptors (Lipinski definition) is 5. The van der Waals surface area contributed by atoms with Crippen LogP contribution in [0.3, 0.4) is 0 Å². The fourth-order valence-electron chi connectivity index (χ4n) is 2.36. The van der Waals surface area contributed by atoms with Gasteiger partial charge in [0, 0.05) is 23.7 Å². The van der Waals surface area contributed by atoms with Crippen LogP contribution in [0, 0.1) is 6.92 Å². The second-order valence-electron chi connectivity index (χ2n) is 6.28. The molecule has 2 aromatic rings. The number of amides is 2. The van der Waals surface area contributed by atoms with Crippen molar-refractivity contribution in [3.8, 4) is 11.5 Å². The van der Waals surface area contributed by atoms with Crippen molar-refractivity contribution in [1.29, 1.82) is 0 Å². The van der Waals surface area contributed by atoms with Crippen LogP contribution in [0.25, 0.3) is 11.5 Å². The van der Waals surface area contributed by atoms with Crippen molar-refractivity contribution in [3.05, 3.63) is 29.6 Å². The number of aliphatic hydroxyl groups excluding tert-OH is 1. The molecule has 3 rings (SSSR count). The lowest BCUT2D eigenvalue weighted by atomic mass is 10.1. The largest absolute Gasteiger partial charge is 0.393 e. The molecule has 1 aliphatic carbocycles. The van der Waals surface area contributed by atoms with Crippen LogP contribution in [0.1, 0.15) is 43.5 Å². The summed E-state index contributed by atoms with van der Waals surface area (Å²) in [6.07, 6.45) is 2.35. The Hall–Kier alpha value is -2.41.